The molecule has 0 radical (unpaired) electrons. The van der Waals surface area contributed by atoms with Crippen molar-refractivity contribution >= 4 is 50.8 Å². The van der Waals surface area contributed by atoms with Gasteiger partial charge in [0.15, 0.2) is 0 Å². The molecule has 1 aliphatic rings. The summed E-state index contributed by atoms with van der Waals surface area (Å²) in [5.74, 6) is 0. The third-order valence-electron chi connectivity index (χ3n) is 2.64. The number of nitrogens with zero attached hydrogens (tertiary/aromatic N) is 5. The molecule has 1 aliphatic heterocycles. The molecule has 0 bridgehead atoms. The molecule has 10 nitrogen and oxygen atoms in total. The molecule has 0 N–H and O–H groups in total. The van der Waals surface area contributed by atoms with E-state index in [1.54, 1.807) is 0 Å². The molecule has 170 valence electrons. The van der Waals surface area contributed by atoms with Crippen LogP contribution >= 0.6 is 38.3 Å². The zero-order valence-electron chi connectivity index (χ0n) is 15.4. The second-order valence-electron chi connectivity index (χ2n) is 4.87. The Morgan fingerprint density at radius 1 is 0.690 bits per heavy atom. The molecule has 0 aromatic rings. The number of rotatable bonds is 9. The van der Waals surface area contributed by atoms with Crippen molar-refractivity contribution in [2.45, 2.75) is 13.8 Å². The predicted octanol–water partition coefficient (Wildman–Crippen LogP) is 7.87. The first-order valence-corrected chi connectivity index (χ1v) is 15.8. The summed E-state index contributed by atoms with van der Waals surface area (Å²) in [6.07, 6.45) is -2.64. The van der Waals surface area contributed by atoms with Gasteiger partial charge in [-0.15, -0.1) is 9.03 Å². The van der Waals surface area contributed by atoms with Crippen LogP contribution in [-0.2, 0) is 23.2 Å². The van der Waals surface area contributed by atoms with Crippen molar-refractivity contribution in [2.75, 3.05) is 32.6 Å². The van der Waals surface area contributed by atoms with Gasteiger partial charge in [0.05, 0.1) is 25.5 Å². The summed E-state index contributed by atoms with van der Waals surface area (Å²) in [5, 5.41) is 0. The maximum absolute atomic E-state index is 15.2. The molecular weight excluding hydrogens is 508 g/mol. The molecule has 20 heteroatoms. The van der Waals surface area contributed by atoms with Gasteiger partial charge in [-0.25, -0.2) is 0 Å². The molecule has 5 unspecified atom stereocenters. The van der Waals surface area contributed by atoms with Crippen molar-refractivity contribution in [2.24, 2.45) is 22.6 Å². The average molecular weight is 527 g/mol. The molecular formula is C9H19F5N5O5P5. The normalized spacial score (nSPS) is 40.3. The van der Waals surface area contributed by atoms with Crippen molar-refractivity contribution in [3.05, 3.63) is 0 Å². The highest BCUT2D eigenvalue weighted by molar-refractivity contribution is 7.80. The van der Waals surface area contributed by atoms with Crippen molar-refractivity contribution in [3.8, 4) is 0 Å². The van der Waals surface area contributed by atoms with E-state index in [2.05, 4.69) is 36.1 Å². The molecule has 0 saturated carbocycles. The van der Waals surface area contributed by atoms with Crippen molar-refractivity contribution in [1.29, 1.82) is 0 Å². The minimum Gasteiger partial charge on any atom is -0.307 e. The van der Waals surface area contributed by atoms with Crippen LogP contribution in [0.3, 0.4) is 0 Å². The number of carbonyl (C=O) groups excluding carboxylic acids is 2. The van der Waals surface area contributed by atoms with Gasteiger partial charge in [0.25, 0.3) is 15.0 Å². The highest BCUT2D eigenvalue weighted by atomic mass is 31.3. The minimum atomic E-state index is -5.28. The zero-order valence-corrected chi connectivity index (χ0v) is 19.9. The van der Waals surface area contributed by atoms with Gasteiger partial charge in [-0.1, -0.05) is 0 Å². The lowest BCUT2D eigenvalue weighted by atomic mass is 10.9. The molecule has 5 atom stereocenters. The van der Waals surface area contributed by atoms with Crippen molar-refractivity contribution < 1.29 is 44.1 Å². The van der Waals surface area contributed by atoms with E-state index in [-0.39, 0.29) is 12.6 Å². The molecule has 0 spiro atoms. The van der Waals surface area contributed by atoms with Crippen LogP contribution in [0.4, 0.5) is 21.0 Å². The summed E-state index contributed by atoms with van der Waals surface area (Å²) in [6.45, 7) is 1.52. The van der Waals surface area contributed by atoms with Gasteiger partial charge in [0, 0.05) is 7.11 Å². The van der Waals surface area contributed by atoms with Gasteiger partial charge in [0.2, 0.25) is 0 Å². The first-order chi connectivity index (χ1) is 13.3. The molecule has 0 amide bonds. The Labute approximate surface area is 164 Å². The molecule has 1 rings (SSSR count). The topological polar surface area (TPSA) is 124 Å². The Morgan fingerprint density at radius 3 is 1.52 bits per heavy atom. The Balaban J connectivity index is 4.25. The lowest BCUT2D eigenvalue weighted by Crippen LogP contribution is -1.92. The Kier molecular flexibility index (Phi) is 9.85. The molecule has 0 aromatic carbocycles. The lowest BCUT2D eigenvalue weighted by molar-refractivity contribution is -0.106. The predicted molar refractivity (Wildman–Crippen MR) is 104 cm³/mol. The Hall–Kier alpha value is 0.0200. The molecule has 0 aromatic heterocycles. The minimum absolute atomic E-state index is 0.0764. The van der Waals surface area contributed by atoms with Crippen LogP contribution in [0.15, 0.2) is 22.6 Å². The van der Waals surface area contributed by atoms with Crippen LogP contribution in [0.2, 0.25) is 0 Å². The van der Waals surface area contributed by atoms with E-state index < -0.39 is 63.8 Å². The summed E-state index contributed by atoms with van der Waals surface area (Å²) >= 11 is 0. The summed E-state index contributed by atoms with van der Waals surface area (Å²) in [6, 6.07) is 0. The highest BCUT2D eigenvalue weighted by Gasteiger charge is 2.40. The zero-order chi connectivity index (χ0) is 22.4. The third-order valence-corrected chi connectivity index (χ3v) is 15.2. The fourth-order valence-electron chi connectivity index (χ4n) is 1.75. The number of aldehydes is 2. The van der Waals surface area contributed by atoms with Crippen molar-refractivity contribution in [3.63, 3.8) is 0 Å². The van der Waals surface area contributed by atoms with Crippen molar-refractivity contribution in [1.82, 2.24) is 0 Å². The van der Waals surface area contributed by atoms with Crippen LogP contribution in [0.25, 0.3) is 0 Å². The fraction of sp³-hybridized carbons (Fsp3) is 0.778. The largest absolute Gasteiger partial charge is 0.387 e. The van der Waals surface area contributed by atoms with Gasteiger partial charge >= 0.3 is 23.2 Å². The Bertz CT molecular complexity index is 926. The van der Waals surface area contributed by atoms with Crippen LogP contribution < -0.4 is 0 Å². The van der Waals surface area contributed by atoms with Crippen LogP contribution in [0.1, 0.15) is 13.8 Å². The van der Waals surface area contributed by atoms with Gasteiger partial charge in [-0.05, 0) is 13.8 Å². The Morgan fingerprint density at radius 2 is 1.10 bits per heavy atom. The van der Waals surface area contributed by atoms with E-state index in [0.29, 0.717) is 7.11 Å². The molecule has 0 aliphatic carbocycles. The summed E-state index contributed by atoms with van der Waals surface area (Å²) in [4.78, 5) is 21.7. The molecule has 29 heavy (non-hydrogen) atoms. The smallest absolute Gasteiger partial charge is 0.307 e. The first kappa shape index (κ1) is 27.1. The summed E-state index contributed by atoms with van der Waals surface area (Å²) in [5.41, 5.74) is 0. The van der Waals surface area contributed by atoms with Crippen LogP contribution in [0, 0.1) is 0 Å². The molecule has 0 saturated heterocycles. The van der Waals surface area contributed by atoms with E-state index in [4.69, 9.17) is 0 Å². The SMILES string of the molecule is CCOP1(F)=NP(F)(OC)=NP(F)(CC=O)=NP(F)(CC=O)=NP(F)(OCC)=N1. The second kappa shape index (κ2) is 10.6. The maximum atomic E-state index is 15.2. The second-order valence-corrected chi connectivity index (χ2v) is 15.5. The van der Waals surface area contributed by atoms with Crippen LogP contribution in [0.5, 0.6) is 0 Å². The monoisotopic (exact) mass is 527 g/mol. The van der Waals surface area contributed by atoms with E-state index in [1.807, 2.05) is 0 Å². The molecule has 0 fully saturated rings. The number of carbonyl (C=O) groups is 2. The fourth-order valence-corrected chi connectivity index (χ4v) is 14.3. The third kappa shape index (κ3) is 7.89. The highest BCUT2D eigenvalue weighted by Crippen LogP contribution is 2.81. The van der Waals surface area contributed by atoms with Gasteiger partial charge < -0.3 is 23.2 Å². The average Bonchev–Trinajstić information content (AvgIpc) is 2.52. The number of hydrogen-bond acceptors (Lipinski definition) is 10. The van der Waals surface area contributed by atoms with Gasteiger partial charge in [0.1, 0.15) is 12.6 Å². The number of hydrogen-bond donors (Lipinski definition) is 0. The maximum Gasteiger partial charge on any atom is 0.387 e. The summed E-state index contributed by atoms with van der Waals surface area (Å²) < 4.78 is 104. The van der Waals surface area contributed by atoms with E-state index in [0.717, 1.165) is 0 Å². The van der Waals surface area contributed by atoms with Gasteiger partial charge in [-0.3, -0.25) is 0 Å². The first-order valence-electron chi connectivity index (χ1n) is 7.71. The molecule has 1 heterocycles. The summed E-state index contributed by atoms with van der Waals surface area (Å²) in [7, 11) is -25.4. The quantitative estimate of drug-likeness (QED) is 0.172. The van der Waals surface area contributed by atoms with Crippen LogP contribution in [-0.4, -0.2) is 45.2 Å². The van der Waals surface area contributed by atoms with E-state index >= 15 is 21.0 Å². The standard InChI is InChI=1S/C9H19F5N5O5P5/c1-4-23-28(13)17-26(11,9-7-21)15-25(10,8-6-20)16-27(12,22-3)18-29(14,19-28)24-5-2/h6-7H,4-5,8-9H2,1-3H3. The number of halogens is 5. The van der Waals surface area contributed by atoms with E-state index in [9.17, 15) is 9.59 Å². The van der Waals surface area contributed by atoms with Gasteiger partial charge in [-0.2, -0.15) is 34.5 Å². The van der Waals surface area contributed by atoms with E-state index in [1.165, 1.54) is 13.8 Å². The lowest BCUT2D eigenvalue weighted by Gasteiger charge is -2.21.